The van der Waals surface area contributed by atoms with E-state index in [-0.39, 0.29) is 6.54 Å². The molecule has 1 rings (SSSR count). The van der Waals surface area contributed by atoms with Crippen LogP contribution in [0.5, 0.6) is 0 Å². The maximum Gasteiger partial charge on any atom is 0.399 e. The van der Waals surface area contributed by atoms with Gasteiger partial charge in [0.2, 0.25) is 0 Å². The maximum atomic E-state index is 12.7. The molecule has 0 aromatic rings. The van der Waals surface area contributed by atoms with Gasteiger partial charge in [-0.2, -0.15) is 13.2 Å². The normalized spacial score (nSPS) is 18.4. The van der Waals surface area contributed by atoms with E-state index < -0.39 is 17.1 Å². The van der Waals surface area contributed by atoms with Gasteiger partial charge in [-0.15, -0.1) is 0 Å². The molecule has 6 heteroatoms. The number of alkyl halides is 3. The molecule has 0 bridgehead atoms. The minimum absolute atomic E-state index is 0.0941. The van der Waals surface area contributed by atoms with Crippen molar-refractivity contribution in [3.05, 3.63) is 0 Å². The number of halogens is 3. The Labute approximate surface area is 105 Å². The molecule has 0 amide bonds. The predicted octanol–water partition coefficient (Wildman–Crippen LogP) is 2.57. The van der Waals surface area contributed by atoms with E-state index in [0.29, 0.717) is 12.5 Å². The molecule has 1 saturated carbocycles. The molecule has 1 fully saturated rings. The lowest BCUT2D eigenvalue weighted by molar-refractivity contribution is -0.159. The summed E-state index contributed by atoms with van der Waals surface area (Å²) >= 11 is 4.53. The molecule has 1 aliphatic rings. The van der Waals surface area contributed by atoms with Gasteiger partial charge in [0.1, 0.15) is 5.92 Å². The summed E-state index contributed by atoms with van der Waals surface area (Å²) in [5.41, 5.74) is 5.20. The molecule has 1 unspecified atom stereocenters. The topological polar surface area (TPSA) is 29.3 Å². The van der Waals surface area contributed by atoms with Gasteiger partial charge in [-0.05, 0) is 31.7 Å². The third-order valence-electron chi connectivity index (χ3n) is 2.93. The molecule has 2 nitrogen and oxygen atoms in total. The molecule has 2 N–H and O–H groups in total. The number of nitrogens with zero attached hydrogens (tertiary/aromatic N) is 1. The molecular formula is C11H19F3N2S. The van der Waals surface area contributed by atoms with E-state index in [4.69, 9.17) is 5.73 Å². The van der Waals surface area contributed by atoms with E-state index >= 15 is 0 Å². The number of hydrogen-bond donors (Lipinski definition) is 1. The second-order valence-electron chi connectivity index (χ2n) is 4.70. The fourth-order valence-electron chi connectivity index (χ4n) is 1.85. The van der Waals surface area contributed by atoms with Crippen LogP contribution in [0.4, 0.5) is 13.2 Å². The van der Waals surface area contributed by atoms with Crippen LogP contribution in [0.1, 0.15) is 26.2 Å². The quantitative estimate of drug-likeness (QED) is 0.720. The summed E-state index contributed by atoms with van der Waals surface area (Å²) in [5, 5.41) is 0. The maximum absolute atomic E-state index is 12.7. The molecule has 0 saturated heterocycles. The van der Waals surface area contributed by atoms with Crippen molar-refractivity contribution < 1.29 is 13.2 Å². The monoisotopic (exact) mass is 268 g/mol. The molecule has 1 aliphatic carbocycles. The highest BCUT2D eigenvalue weighted by atomic mass is 32.1. The highest BCUT2D eigenvalue weighted by Crippen LogP contribution is 2.32. The van der Waals surface area contributed by atoms with E-state index in [1.54, 1.807) is 0 Å². The Morgan fingerprint density at radius 1 is 1.47 bits per heavy atom. The first-order valence-corrected chi connectivity index (χ1v) is 6.33. The third-order valence-corrected chi connectivity index (χ3v) is 3.22. The van der Waals surface area contributed by atoms with E-state index in [2.05, 4.69) is 12.2 Å². The van der Waals surface area contributed by atoms with Crippen LogP contribution < -0.4 is 5.73 Å². The van der Waals surface area contributed by atoms with E-state index in [1.165, 1.54) is 0 Å². The van der Waals surface area contributed by atoms with Gasteiger partial charge in [0.05, 0.1) is 4.99 Å². The highest BCUT2D eigenvalue weighted by molar-refractivity contribution is 7.80. The zero-order valence-electron chi connectivity index (χ0n) is 9.96. The van der Waals surface area contributed by atoms with Crippen LogP contribution >= 0.6 is 12.2 Å². The summed E-state index contributed by atoms with van der Waals surface area (Å²) in [4.78, 5) is 1.39. The van der Waals surface area contributed by atoms with Gasteiger partial charge in [0.15, 0.2) is 0 Å². The lowest BCUT2D eigenvalue weighted by Crippen LogP contribution is -2.44. The van der Waals surface area contributed by atoms with Crippen molar-refractivity contribution in [2.75, 3.05) is 19.6 Å². The van der Waals surface area contributed by atoms with Crippen molar-refractivity contribution in [2.45, 2.75) is 32.4 Å². The van der Waals surface area contributed by atoms with Crippen molar-refractivity contribution in [1.82, 2.24) is 4.90 Å². The number of thiocarbonyl (C=S) groups is 1. The van der Waals surface area contributed by atoms with E-state index in [0.717, 1.165) is 25.8 Å². The second kappa shape index (κ2) is 6.00. The van der Waals surface area contributed by atoms with Crippen molar-refractivity contribution in [1.29, 1.82) is 0 Å². The zero-order chi connectivity index (χ0) is 13.1. The summed E-state index contributed by atoms with van der Waals surface area (Å²) in [5.74, 6) is -1.11. The third kappa shape index (κ3) is 5.21. The summed E-state index contributed by atoms with van der Waals surface area (Å²) in [6.07, 6.45) is -1.23. The minimum atomic E-state index is -4.33. The van der Waals surface area contributed by atoms with Gasteiger partial charge in [-0.25, -0.2) is 0 Å². The second-order valence-corrected chi connectivity index (χ2v) is 5.17. The Morgan fingerprint density at radius 2 is 2.06 bits per heavy atom. The Hall–Kier alpha value is -0.360. The fraction of sp³-hybridized carbons (Fsp3) is 0.909. The van der Waals surface area contributed by atoms with Crippen LogP contribution in [0.15, 0.2) is 0 Å². The lowest BCUT2D eigenvalue weighted by Gasteiger charge is -2.28. The first-order valence-electron chi connectivity index (χ1n) is 5.93. The van der Waals surface area contributed by atoms with Gasteiger partial charge < -0.3 is 10.6 Å². The number of hydrogen-bond acceptors (Lipinski definition) is 2. The average molecular weight is 268 g/mol. The van der Waals surface area contributed by atoms with Crippen LogP contribution in [-0.4, -0.2) is 35.7 Å². The zero-order valence-corrected chi connectivity index (χ0v) is 10.8. The predicted molar refractivity (Wildman–Crippen MR) is 65.8 cm³/mol. The van der Waals surface area contributed by atoms with Crippen LogP contribution in [0.3, 0.4) is 0 Å². The molecule has 0 radical (unpaired) electrons. The largest absolute Gasteiger partial charge is 0.399 e. The van der Waals surface area contributed by atoms with Gasteiger partial charge in [-0.1, -0.05) is 19.1 Å². The molecule has 0 aromatic heterocycles. The number of rotatable bonds is 7. The molecule has 17 heavy (non-hydrogen) atoms. The molecule has 1 atom stereocenters. The van der Waals surface area contributed by atoms with Gasteiger partial charge >= 0.3 is 6.18 Å². The first kappa shape index (κ1) is 14.7. The molecule has 0 heterocycles. The van der Waals surface area contributed by atoms with Crippen molar-refractivity contribution in [3.63, 3.8) is 0 Å². The molecule has 0 spiro atoms. The fourth-order valence-corrected chi connectivity index (χ4v) is 2.06. The Bertz CT molecular complexity index is 264. The van der Waals surface area contributed by atoms with Crippen LogP contribution in [0.2, 0.25) is 0 Å². The van der Waals surface area contributed by atoms with Gasteiger partial charge in [0, 0.05) is 13.1 Å². The molecule has 100 valence electrons. The smallest absolute Gasteiger partial charge is 0.393 e. The van der Waals surface area contributed by atoms with Gasteiger partial charge in [-0.3, -0.25) is 0 Å². The SMILES string of the molecule is CCCN(CC1CC1)CC(C(N)=S)C(F)(F)F. The Kier molecular flexibility index (Phi) is 5.19. The summed E-state index contributed by atoms with van der Waals surface area (Å²) in [6.45, 7) is 3.28. The van der Waals surface area contributed by atoms with Crippen LogP contribution in [-0.2, 0) is 0 Å². The summed E-state index contributed by atoms with van der Waals surface area (Å²) in [6, 6.07) is 0. The summed E-state index contributed by atoms with van der Waals surface area (Å²) < 4.78 is 38.2. The van der Waals surface area contributed by atoms with E-state index in [9.17, 15) is 13.2 Å². The highest BCUT2D eigenvalue weighted by Gasteiger charge is 2.42. The van der Waals surface area contributed by atoms with Crippen LogP contribution in [0, 0.1) is 11.8 Å². The molecule has 0 aliphatic heterocycles. The molecular weight excluding hydrogens is 249 g/mol. The Balaban J connectivity index is 2.57. The van der Waals surface area contributed by atoms with Crippen molar-refractivity contribution in [2.24, 2.45) is 17.6 Å². The lowest BCUT2D eigenvalue weighted by atomic mass is 10.1. The summed E-state index contributed by atoms with van der Waals surface area (Å²) in [7, 11) is 0. The van der Waals surface area contributed by atoms with E-state index in [1.807, 2.05) is 11.8 Å². The standard InChI is InChI=1S/C11H19F3N2S/c1-2-5-16(6-8-3-4-8)7-9(10(15)17)11(12,13)14/h8-9H,2-7H2,1H3,(H2,15,17). The van der Waals surface area contributed by atoms with Crippen molar-refractivity contribution >= 4 is 17.2 Å². The van der Waals surface area contributed by atoms with Crippen LogP contribution in [0.25, 0.3) is 0 Å². The number of nitrogens with two attached hydrogens (primary N) is 1. The van der Waals surface area contributed by atoms with Crippen molar-refractivity contribution in [3.8, 4) is 0 Å². The van der Waals surface area contributed by atoms with Gasteiger partial charge in [0.25, 0.3) is 0 Å². The minimum Gasteiger partial charge on any atom is -0.393 e. The average Bonchev–Trinajstić information content (AvgIpc) is 2.95. The first-order chi connectivity index (χ1) is 7.84. The molecule has 0 aromatic carbocycles. The Morgan fingerprint density at radius 3 is 2.41 bits per heavy atom.